The second-order valence-corrected chi connectivity index (χ2v) is 9.74. The molecular weight excluding hydrogens is 458 g/mol. The largest absolute Gasteiger partial charge is 0.353 e. The molecule has 1 fully saturated rings. The fourth-order valence-electron chi connectivity index (χ4n) is 4.38. The van der Waals surface area contributed by atoms with E-state index in [0.29, 0.717) is 18.7 Å². The molecule has 5 rings (SSSR count). The number of amides is 1. The molecule has 2 aromatic carbocycles. The van der Waals surface area contributed by atoms with Crippen molar-refractivity contribution in [2.24, 2.45) is 0 Å². The number of anilines is 1. The maximum atomic E-state index is 13.1. The maximum absolute atomic E-state index is 13.1. The second-order valence-electron chi connectivity index (χ2n) is 8.86. The van der Waals surface area contributed by atoms with Crippen molar-refractivity contribution in [1.82, 2.24) is 30.0 Å². The van der Waals surface area contributed by atoms with Gasteiger partial charge in [0, 0.05) is 37.3 Å². The number of carbonyl (C=O) groups excluding carboxylic acids is 1. The van der Waals surface area contributed by atoms with Crippen molar-refractivity contribution in [3.8, 4) is 5.69 Å². The zero-order chi connectivity index (χ0) is 24.4. The Morgan fingerprint density at radius 2 is 1.97 bits per heavy atom. The lowest BCUT2D eigenvalue weighted by Crippen LogP contribution is -2.57. The number of piperazine rings is 1. The second kappa shape index (κ2) is 10.1. The van der Waals surface area contributed by atoms with Crippen LogP contribution in [0.15, 0.2) is 66.0 Å². The van der Waals surface area contributed by atoms with Gasteiger partial charge < -0.3 is 10.2 Å². The van der Waals surface area contributed by atoms with E-state index in [4.69, 9.17) is 0 Å². The molecule has 2 aromatic heterocycles. The number of rotatable bonds is 6. The predicted molar refractivity (Wildman–Crippen MR) is 140 cm³/mol. The highest BCUT2D eigenvalue weighted by Gasteiger charge is 2.31. The Bertz CT molecular complexity index is 1340. The van der Waals surface area contributed by atoms with E-state index in [2.05, 4.69) is 79.8 Å². The van der Waals surface area contributed by atoms with E-state index in [1.165, 1.54) is 10.5 Å². The minimum Gasteiger partial charge on any atom is -0.353 e. The smallest absolute Gasteiger partial charge is 0.239 e. The number of hydrogen-bond acceptors (Lipinski definition) is 7. The molecule has 1 amide bonds. The van der Waals surface area contributed by atoms with Crippen molar-refractivity contribution >= 4 is 34.5 Å². The first kappa shape index (κ1) is 23.3. The quantitative estimate of drug-likeness (QED) is 0.418. The fraction of sp³-hybridized carbons (Fsp3) is 0.308. The number of hydrogen-bond donors (Lipinski definition) is 1. The molecule has 9 heteroatoms. The molecule has 0 aliphatic carbocycles. The minimum atomic E-state index is -0.272. The molecule has 0 radical (unpaired) electrons. The van der Waals surface area contributed by atoms with Crippen LogP contribution < -0.4 is 10.2 Å². The molecule has 1 atom stereocenters. The molecule has 3 heterocycles. The van der Waals surface area contributed by atoms with Crippen molar-refractivity contribution in [2.45, 2.75) is 24.4 Å². The molecular formula is C26H29N7OS. The van der Waals surface area contributed by atoms with Crippen LogP contribution in [-0.2, 0) is 11.3 Å². The summed E-state index contributed by atoms with van der Waals surface area (Å²) in [5, 5.41) is 8.67. The third-order valence-electron chi connectivity index (χ3n) is 6.44. The van der Waals surface area contributed by atoms with Gasteiger partial charge in [-0.2, -0.15) is 0 Å². The Kier molecular flexibility index (Phi) is 6.70. The van der Waals surface area contributed by atoms with E-state index in [-0.39, 0.29) is 11.9 Å². The third kappa shape index (κ3) is 5.01. The van der Waals surface area contributed by atoms with Crippen LogP contribution in [0.1, 0.15) is 11.1 Å². The number of benzene rings is 2. The van der Waals surface area contributed by atoms with Crippen LogP contribution in [-0.4, -0.2) is 69.5 Å². The van der Waals surface area contributed by atoms with E-state index in [1.54, 1.807) is 18.1 Å². The fourth-order valence-corrected chi connectivity index (χ4v) is 4.79. The summed E-state index contributed by atoms with van der Waals surface area (Å²) in [6.45, 7) is 4.66. The van der Waals surface area contributed by atoms with Crippen LogP contribution in [0, 0.1) is 6.92 Å². The number of aromatic nitrogens is 4. The molecule has 0 saturated carbocycles. The number of nitrogens with one attached hydrogen (secondary N) is 1. The first-order valence-corrected chi connectivity index (χ1v) is 12.9. The predicted octanol–water partition coefficient (Wildman–Crippen LogP) is 3.28. The van der Waals surface area contributed by atoms with Crippen LogP contribution in [0.3, 0.4) is 0 Å². The number of likely N-dealkylation sites (N-methyl/N-ethyl adjacent to an activating group) is 1. The summed E-state index contributed by atoms with van der Waals surface area (Å²) in [7, 11) is 2.00. The van der Waals surface area contributed by atoms with Crippen molar-refractivity contribution in [2.75, 3.05) is 37.8 Å². The highest BCUT2D eigenvalue weighted by Crippen LogP contribution is 2.26. The van der Waals surface area contributed by atoms with Gasteiger partial charge in [0.1, 0.15) is 18.2 Å². The van der Waals surface area contributed by atoms with Gasteiger partial charge in [-0.05, 0) is 55.6 Å². The van der Waals surface area contributed by atoms with Crippen molar-refractivity contribution in [3.63, 3.8) is 0 Å². The van der Waals surface area contributed by atoms with Crippen LogP contribution in [0.4, 0.5) is 5.82 Å². The van der Waals surface area contributed by atoms with E-state index in [0.717, 1.165) is 35.5 Å². The summed E-state index contributed by atoms with van der Waals surface area (Å²) in [6, 6.07) is 16.2. The Labute approximate surface area is 209 Å². The van der Waals surface area contributed by atoms with Crippen LogP contribution >= 0.6 is 11.8 Å². The third-order valence-corrected chi connectivity index (χ3v) is 7.18. The molecule has 180 valence electrons. The Morgan fingerprint density at radius 3 is 2.74 bits per heavy atom. The molecule has 0 spiro atoms. The summed E-state index contributed by atoms with van der Waals surface area (Å²) in [5.41, 5.74) is 3.88. The topological polar surface area (TPSA) is 79.2 Å². The zero-order valence-corrected chi connectivity index (χ0v) is 21.0. The average Bonchev–Trinajstić information content (AvgIpc) is 3.33. The molecule has 1 aliphatic rings. The number of carbonyl (C=O) groups is 1. The van der Waals surface area contributed by atoms with Gasteiger partial charge in [0.05, 0.1) is 11.1 Å². The summed E-state index contributed by atoms with van der Waals surface area (Å²) < 4.78 is 1.85. The van der Waals surface area contributed by atoms with Gasteiger partial charge in [0.2, 0.25) is 5.91 Å². The molecule has 1 saturated heterocycles. The van der Waals surface area contributed by atoms with Gasteiger partial charge >= 0.3 is 0 Å². The summed E-state index contributed by atoms with van der Waals surface area (Å²) in [4.78, 5) is 27.6. The first-order chi connectivity index (χ1) is 17.0. The lowest BCUT2D eigenvalue weighted by molar-refractivity contribution is -0.126. The number of aryl methyl sites for hydroxylation is 1. The van der Waals surface area contributed by atoms with Crippen molar-refractivity contribution in [1.29, 1.82) is 0 Å². The Balaban J connectivity index is 1.33. The molecule has 0 bridgehead atoms. The molecule has 35 heavy (non-hydrogen) atoms. The van der Waals surface area contributed by atoms with Crippen molar-refractivity contribution < 1.29 is 4.79 Å². The van der Waals surface area contributed by atoms with E-state index >= 15 is 0 Å². The molecule has 1 unspecified atom stereocenters. The molecule has 4 aromatic rings. The minimum absolute atomic E-state index is 0.0203. The van der Waals surface area contributed by atoms with Gasteiger partial charge in [-0.15, -0.1) is 16.9 Å². The number of thioether (sulfide) groups is 1. The lowest BCUT2D eigenvalue weighted by Gasteiger charge is -2.39. The number of fused-ring (bicyclic) bond motifs is 1. The van der Waals surface area contributed by atoms with Crippen LogP contribution in [0.25, 0.3) is 16.7 Å². The van der Waals surface area contributed by atoms with Gasteiger partial charge in [-0.3, -0.25) is 9.69 Å². The summed E-state index contributed by atoms with van der Waals surface area (Å²) >= 11 is 1.71. The van der Waals surface area contributed by atoms with Crippen LogP contribution in [0.5, 0.6) is 0 Å². The van der Waals surface area contributed by atoms with E-state index < -0.39 is 0 Å². The monoisotopic (exact) mass is 487 g/mol. The average molecular weight is 488 g/mol. The molecule has 1 N–H and O–H groups in total. The van der Waals surface area contributed by atoms with Crippen molar-refractivity contribution in [3.05, 3.63) is 72.2 Å². The highest BCUT2D eigenvalue weighted by molar-refractivity contribution is 7.98. The summed E-state index contributed by atoms with van der Waals surface area (Å²) in [6.07, 6.45) is 5.59. The molecule has 8 nitrogen and oxygen atoms in total. The van der Waals surface area contributed by atoms with Crippen LogP contribution in [0.2, 0.25) is 0 Å². The van der Waals surface area contributed by atoms with Gasteiger partial charge in [-0.1, -0.05) is 24.3 Å². The highest BCUT2D eigenvalue weighted by atomic mass is 32.2. The number of nitrogens with zero attached hydrogens (tertiary/aromatic N) is 6. The maximum Gasteiger partial charge on any atom is 0.239 e. The van der Waals surface area contributed by atoms with E-state index in [9.17, 15) is 4.79 Å². The first-order valence-electron chi connectivity index (χ1n) is 11.6. The van der Waals surface area contributed by atoms with Gasteiger partial charge in [0.15, 0.2) is 5.65 Å². The standard InChI is InChI=1S/C26H29N7OS/c1-18-5-4-6-20(13-18)33-15-22-24(30-33)28-17-29-25(22)32-12-11-31(2)23(16-32)26(34)27-14-19-7-9-21(35-3)10-8-19/h4-10,13,15,17,23H,11-12,14,16H2,1-3H3,(H,27,34). The van der Waals surface area contributed by atoms with E-state index in [1.807, 2.05) is 30.1 Å². The normalized spacial score (nSPS) is 16.5. The lowest BCUT2D eigenvalue weighted by atomic mass is 10.1. The molecule has 1 aliphatic heterocycles. The Hall–Kier alpha value is -3.43. The zero-order valence-electron chi connectivity index (χ0n) is 20.2. The van der Waals surface area contributed by atoms with Gasteiger partial charge in [-0.25, -0.2) is 14.6 Å². The SMILES string of the molecule is CSc1ccc(CNC(=O)C2CN(c3ncnc4nn(-c5cccc(C)c5)cc34)CCN2C)cc1. The van der Waals surface area contributed by atoms with Gasteiger partial charge in [0.25, 0.3) is 0 Å². The summed E-state index contributed by atoms with van der Waals surface area (Å²) in [5.74, 6) is 0.833. The Morgan fingerprint density at radius 1 is 1.14 bits per heavy atom.